The highest BCUT2D eigenvalue weighted by molar-refractivity contribution is 5.91. The highest BCUT2D eigenvalue weighted by Gasteiger charge is 2.39. The summed E-state index contributed by atoms with van der Waals surface area (Å²) in [6.07, 6.45) is -5.15. The number of hydrogen-bond acceptors (Lipinski definition) is 6. The van der Waals surface area contributed by atoms with Crippen LogP contribution in [-0.4, -0.2) is 50.6 Å². The molecule has 13 heteroatoms. The molecular weight excluding hydrogens is 454 g/mol. The topological polar surface area (TPSA) is 105 Å². The molecule has 9 nitrogen and oxygen atoms in total. The Morgan fingerprint density at radius 2 is 2.09 bits per heavy atom. The lowest BCUT2D eigenvalue weighted by molar-refractivity contribution is -0.189. The highest BCUT2D eigenvalue weighted by atomic mass is 19.4. The first-order valence-electron chi connectivity index (χ1n) is 10.3. The van der Waals surface area contributed by atoms with Crippen LogP contribution in [0, 0.1) is 5.82 Å². The van der Waals surface area contributed by atoms with Crippen LogP contribution in [0.5, 0.6) is 5.75 Å². The minimum Gasteiger partial charge on any atom is -0.480 e. The van der Waals surface area contributed by atoms with Crippen LogP contribution in [0.1, 0.15) is 49.3 Å². The molecule has 0 amide bonds. The van der Waals surface area contributed by atoms with Gasteiger partial charge in [0.2, 0.25) is 0 Å². The molecular formula is C20H23F4N3O6. The maximum absolute atomic E-state index is 14.7. The number of carboxylic acid groups (broad SMARTS) is 1. The van der Waals surface area contributed by atoms with Crippen molar-refractivity contribution in [2.45, 2.75) is 64.8 Å². The monoisotopic (exact) mass is 477 g/mol. The molecule has 0 spiro atoms. The SMILES string of the molecule is CCn1c(COC2CCCCO2)nn(-c2cc(OC(C)C(F)(F)F)c(C(=O)O)cc2F)c1=O. The molecule has 0 radical (unpaired) electrons. The second-order valence-corrected chi connectivity index (χ2v) is 7.37. The third-order valence-corrected chi connectivity index (χ3v) is 5.06. The quantitative estimate of drug-likeness (QED) is 0.582. The molecule has 33 heavy (non-hydrogen) atoms. The van der Waals surface area contributed by atoms with Crippen LogP contribution in [0.25, 0.3) is 5.69 Å². The molecule has 1 aromatic carbocycles. The molecule has 1 saturated heterocycles. The van der Waals surface area contributed by atoms with Gasteiger partial charge >= 0.3 is 17.8 Å². The average molecular weight is 477 g/mol. The van der Waals surface area contributed by atoms with Gasteiger partial charge in [0.15, 0.2) is 18.2 Å². The van der Waals surface area contributed by atoms with Crippen LogP contribution < -0.4 is 10.4 Å². The molecule has 2 atom stereocenters. The molecule has 0 aliphatic carbocycles. The zero-order valence-corrected chi connectivity index (χ0v) is 17.9. The Bertz CT molecular complexity index is 1060. The maximum Gasteiger partial charge on any atom is 0.425 e. The van der Waals surface area contributed by atoms with Crippen molar-refractivity contribution in [2.75, 3.05) is 6.61 Å². The van der Waals surface area contributed by atoms with Crippen LogP contribution >= 0.6 is 0 Å². The molecule has 2 aromatic rings. The molecule has 2 unspecified atom stereocenters. The fraction of sp³-hybridized carbons (Fsp3) is 0.550. The number of aromatic nitrogens is 3. The normalized spacial score (nSPS) is 17.7. The van der Waals surface area contributed by atoms with Gasteiger partial charge in [-0.25, -0.2) is 14.0 Å². The summed E-state index contributed by atoms with van der Waals surface area (Å²) in [4.78, 5) is 24.2. The summed E-state index contributed by atoms with van der Waals surface area (Å²) in [5.41, 5.74) is -2.16. The van der Waals surface area contributed by atoms with Crippen molar-refractivity contribution < 1.29 is 41.7 Å². The van der Waals surface area contributed by atoms with E-state index in [0.29, 0.717) is 36.8 Å². The van der Waals surface area contributed by atoms with E-state index in [1.807, 2.05) is 0 Å². The van der Waals surface area contributed by atoms with Crippen molar-refractivity contribution in [3.05, 3.63) is 39.8 Å². The number of carboxylic acids is 1. The number of benzene rings is 1. The minimum atomic E-state index is -4.79. The third-order valence-electron chi connectivity index (χ3n) is 5.06. The van der Waals surface area contributed by atoms with E-state index in [1.54, 1.807) is 6.92 Å². The summed E-state index contributed by atoms with van der Waals surface area (Å²) in [6.45, 7) is 2.91. The average Bonchev–Trinajstić information content (AvgIpc) is 3.08. The lowest BCUT2D eigenvalue weighted by atomic mass is 10.1. The molecule has 1 fully saturated rings. The number of hydrogen-bond donors (Lipinski definition) is 1. The minimum absolute atomic E-state index is 0.121. The van der Waals surface area contributed by atoms with E-state index in [4.69, 9.17) is 14.2 Å². The summed E-state index contributed by atoms with van der Waals surface area (Å²) in [7, 11) is 0. The van der Waals surface area contributed by atoms with Crippen molar-refractivity contribution in [3.63, 3.8) is 0 Å². The number of rotatable bonds is 8. The molecule has 1 N–H and O–H groups in total. The Morgan fingerprint density at radius 1 is 1.36 bits per heavy atom. The Morgan fingerprint density at radius 3 is 2.67 bits per heavy atom. The first-order chi connectivity index (χ1) is 15.5. The lowest BCUT2D eigenvalue weighted by Gasteiger charge is -2.22. The number of aromatic carboxylic acids is 1. The Kier molecular flexibility index (Phi) is 7.42. The van der Waals surface area contributed by atoms with Crippen molar-refractivity contribution in [2.24, 2.45) is 0 Å². The van der Waals surface area contributed by atoms with Gasteiger partial charge in [0.1, 0.15) is 29.4 Å². The van der Waals surface area contributed by atoms with Crippen LogP contribution in [0.4, 0.5) is 17.6 Å². The summed E-state index contributed by atoms with van der Waals surface area (Å²) in [5, 5.41) is 13.3. The highest BCUT2D eigenvalue weighted by Crippen LogP contribution is 2.30. The summed E-state index contributed by atoms with van der Waals surface area (Å²) in [5.74, 6) is -3.48. The van der Waals surface area contributed by atoms with Gasteiger partial charge in [-0.05, 0) is 39.2 Å². The smallest absolute Gasteiger partial charge is 0.425 e. The molecule has 0 bridgehead atoms. The second-order valence-electron chi connectivity index (χ2n) is 7.37. The Hall–Kier alpha value is -2.93. The summed E-state index contributed by atoms with van der Waals surface area (Å²) in [6, 6.07) is 1.20. The fourth-order valence-corrected chi connectivity index (χ4v) is 3.26. The van der Waals surface area contributed by atoms with Gasteiger partial charge < -0.3 is 19.3 Å². The molecule has 182 valence electrons. The van der Waals surface area contributed by atoms with Gasteiger partial charge in [-0.1, -0.05) is 0 Å². The Labute approximate surface area is 185 Å². The molecule has 1 aliphatic heterocycles. The van der Waals surface area contributed by atoms with Crippen molar-refractivity contribution in [1.29, 1.82) is 0 Å². The Balaban J connectivity index is 1.99. The van der Waals surface area contributed by atoms with E-state index in [0.717, 1.165) is 12.8 Å². The van der Waals surface area contributed by atoms with Gasteiger partial charge in [0, 0.05) is 19.2 Å². The van der Waals surface area contributed by atoms with Crippen LogP contribution in [-0.2, 0) is 22.6 Å². The summed E-state index contributed by atoms with van der Waals surface area (Å²) < 4.78 is 71.2. The first-order valence-corrected chi connectivity index (χ1v) is 10.3. The zero-order chi connectivity index (χ0) is 24.3. The zero-order valence-electron chi connectivity index (χ0n) is 17.9. The number of ether oxygens (including phenoxy) is 3. The number of alkyl halides is 3. The maximum atomic E-state index is 14.7. The predicted molar refractivity (Wildman–Crippen MR) is 105 cm³/mol. The summed E-state index contributed by atoms with van der Waals surface area (Å²) >= 11 is 0. The lowest BCUT2D eigenvalue weighted by Crippen LogP contribution is -2.32. The standard InChI is InChI=1S/C20H23F4N3O6/c1-3-26-16(10-32-17-6-4-5-7-31-17)25-27(19(26)30)14-9-15(33-11(2)20(22,23)24)12(18(28)29)8-13(14)21/h8-9,11,17H,3-7,10H2,1-2H3,(H,28,29). The van der Waals surface area contributed by atoms with Gasteiger partial charge in [0.05, 0.1) is 0 Å². The van der Waals surface area contributed by atoms with Crippen LogP contribution in [0.15, 0.2) is 16.9 Å². The second kappa shape index (κ2) is 9.91. The van der Waals surface area contributed by atoms with Crippen LogP contribution in [0.2, 0.25) is 0 Å². The molecule has 3 rings (SSSR count). The van der Waals surface area contributed by atoms with E-state index >= 15 is 0 Å². The van der Waals surface area contributed by atoms with E-state index < -0.39 is 53.0 Å². The number of carbonyl (C=O) groups is 1. The fourth-order valence-electron chi connectivity index (χ4n) is 3.26. The van der Waals surface area contributed by atoms with Crippen molar-refractivity contribution in [1.82, 2.24) is 14.3 Å². The van der Waals surface area contributed by atoms with Gasteiger partial charge in [-0.3, -0.25) is 4.57 Å². The molecule has 0 saturated carbocycles. The largest absolute Gasteiger partial charge is 0.480 e. The van der Waals surface area contributed by atoms with E-state index in [1.165, 1.54) is 4.57 Å². The third kappa shape index (κ3) is 5.53. The van der Waals surface area contributed by atoms with Crippen LogP contribution in [0.3, 0.4) is 0 Å². The van der Waals surface area contributed by atoms with E-state index in [9.17, 15) is 32.3 Å². The van der Waals surface area contributed by atoms with E-state index in [-0.39, 0.29) is 19.0 Å². The van der Waals surface area contributed by atoms with E-state index in [2.05, 4.69) is 5.10 Å². The number of nitrogens with zero attached hydrogens (tertiary/aromatic N) is 3. The van der Waals surface area contributed by atoms with Crippen molar-refractivity contribution in [3.8, 4) is 11.4 Å². The molecule has 2 heterocycles. The molecule has 1 aliphatic rings. The predicted octanol–water partition coefficient (Wildman–Crippen LogP) is 3.26. The molecule has 1 aromatic heterocycles. The van der Waals surface area contributed by atoms with Crippen molar-refractivity contribution >= 4 is 5.97 Å². The van der Waals surface area contributed by atoms with Gasteiger partial charge in [-0.2, -0.15) is 17.9 Å². The van der Waals surface area contributed by atoms with Gasteiger partial charge in [-0.15, -0.1) is 5.10 Å². The van der Waals surface area contributed by atoms with Gasteiger partial charge in [0.25, 0.3) is 0 Å². The number of halogens is 4. The first kappa shape index (κ1) is 24.7.